The molecule has 0 atom stereocenters. The molecule has 152 valence electrons. The quantitative estimate of drug-likeness (QED) is 0.509. The van der Waals surface area contributed by atoms with E-state index in [9.17, 15) is 9.59 Å². The Bertz CT molecular complexity index is 1070. The first-order valence-corrected chi connectivity index (χ1v) is 9.83. The molecule has 0 fully saturated rings. The number of aromatic nitrogens is 1. The van der Waals surface area contributed by atoms with Crippen LogP contribution >= 0.6 is 22.9 Å². The van der Waals surface area contributed by atoms with Crippen molar-refractivity contribution in [2.24, 2.45) is 0 Å². The van der Waals surface area contributed by atoms with Crippen molar-refractivity contribution in [3.05, 3.63) is 35.4 Å². The van der Waals surface area contributed by atoms with Gasteiger partial charge in [-0.2, -0.15) is 0 Å². The summed E-state index contributed by atoms with van der Waals surface area (Å²) < 4.78 is 11.3. The Morgan fingerprint density at radius 2 is 1.83 bits per heavy atom. The number of amides is 3. The zero-order valence-corrected chi connectivity index (χ0v) is 17.5. The van der Waals surface area contributed by atoms with E-state index in [1.807, 2.05) is 6.07 Å². The molecule has 0 saturated carbocycles. The van der Waals surface area contributed by atoms with Gasteiger partial charge >= 0.3 is 6.03 Å². The minimum absolute atomic E-state index is 0.103. The summed E-state index contributed by atoms with van der Waals surface area (Å²) in [5.74, 6) is 0.746. The molecule has 0 saturated heterocycles. The molecule has 3 amide bonds. The van der Waals surface area contributed by atoms with Crippen LogP contribution in [0.15, 0.2) is 30.3 Å². The molecule has 3 rings (SSSR count). The zero-order valence-electron chi connectivity index (χ0n) is 16.0. The first-order valence-electron chi connectivity index (χ1n) is 8.63. The van der Waals surface area contributed by atoms with E-state index in [1.165, 1.54) is 25.6 Å². The molecule has 1 aromatic heterocycles. The standard InChI is InChI=1S/C19H19ClN4O4S/c1-4-17(25)24-19-23-13-7-10(5-6-16(13)29-19)21-18(26)22-12-8-11(20)14(27-2)9-15(12)28-3/h5-9H,4H2,1-3H3,(H2,21,22,26)(H,23,24,25). The van der Waals surface area contributed by atoms with Gasteiger partial charge in [0, 0.05) is 18.2 Å². The molecular weight excluding hydrogens is 416 g/mol. The summed E-state index contributed by atoms with van der Waals surface area (Å²) in [5, 5.41) is 9.03. The van der Waals surface area contributed by atoms with Crippen molar-refractivity contribution >= 4 is 61.6 Å². The molecule has 0 aliphatic rings. The summed E-state index contributed by atoms with van der Waals surface area (Å²) in [5.41, 5.74) is 1.62. The van der Waals surface area contributed by atoms with Gasteiger partial charge in [0.15, 0.2) is 5.13 Å². The molecule has 3 aromatic rings. The smallest absolute Gasteiger partial charge is 0.323 e. The van der Waals surface area contributed by atoms with E-state index in [4.69, 9.17) is 21.1 Å². The lowest BCUT2D eigenvalue weighted by Gasteiger charge is -2.13. The van der Waals surface area contributed by atoms with Gasteiger partial charge in [-0.15, -0.1) is 0 Å². The number of methoxy groups -OCH3 is 2. The van der Waals surface area contributed by atoms with E-state index in [-0.39, 0.29) is 5.91 Å². The zero-order chi connectivity index (χ0) is 21.0. The van der Waals surface area contributed by atoms with Gasteiger partial charge in [0.2, 0.25) is 5.91 Å². The molecule has 3 N–H and O–H groups in total. The Kier molecular flexibility index (Phi) is 6.40. The van der Waals surface area contributed by atoms with Crippen molar-refractivity contribution in [2.45, 2.75) is 13.3 Å². The number of nitrogens with zero attached hydrogens (tertiary/aromatic N) is 1. The molecule has 8 nitrogen and oxygen atoms in total. The molecule has 0 bridgehead atoms. The number of benzene rings is 2. The minimum atomic E-state index is -0.473. The molecule has 0 aliphatic heterocycles. The van der Waals surface area contributed by atoms with Gasteiger partial charge in [-0.1, -0.05) is 29.9 Å². The summed E-state index contributed by atoms with van der Waals surface area (Å²) in [6.45, 7) is 1.77. The Hall–Kier alpha value is -3.04. The van der Waals surface area contributed by atoms with Gasteiger partial charge in [-0.3, -0.25) is 4.79 Å². The van der Waals surface area contributed by atoms with Crippen molar-refractivity contribution in [1.82, 2.24) is 4.98 Å². The van der Waals surface area contributed by atoms with Crippen molar-refractivity contribution in [1.29, 1.82) is 0 Å². The summed E-state index contributed by atoms with van der Waals surface area (Å²) in [4.78, 5) is 28.3. The van der Waals surface area contributed by atoms with Gasteiger partial charge in [-0.05, 0) is 24.3 Å². The number of anilines is 3. The fraction of sp³-hybridized carbons (Fsp3) is 0.211. The maximum atomic E-state index is 12.4. The maximum absolute atomic E-state index is 12.4. The van der Waals surface area contributed by atoms with Crippen LogP contribution in [0.3, 0.4) is 0 Å². The minimum Gasteiger partial charge on any atom is -0.495 e. The average Bonchev–Trinajstić information content (AvgIpc) is 3.09. The van der Waals surface area contributed by atoms with Gasteiger partial charge in [0.05, 0.1) is 35.1 Å². The van der Waals surface area contributed by atoms with Crippen LogP contribution in [0.1, 0.15) is 13.3 Å². The average molecular weight is 435 g/mol. The molecule has 1 heterocycles. The molecule has 0 spiro atoms. The predicted octanol–water partition coefficient (Wildman–Crippen LogP) is 4.96. The lowest BCUT2D eigenvalue weighted by Crippen LogP contribution is -2.19. The summed E-state index contributed by atoms with van der Waals surface area (Å²) in [6.07, 6.45) is 0.377. The van der Waals surface area contributed by atoms with Gasteiger partial charge < -0.3 is 25.4 Å². The van der Waals surface area contributed by atoms with Crippen molar-refractivity contribution in [3.63, 3.8) is 0 Å². The number of hydrogen-bond donors (Lipinski definition) is 3. The highest BCUT2D eigenvalue weighted by Crippen LogP contribution is 2.36. The van der Waals surface area contributed by atoms with Crippen LogP contribution in [0.5, 0.6) is 11.5 Å². The SMILES string of the molecule is CCC(=O)Nc1nc2cc(NC(=O)Nc3cc(Cl)c(OC)cc3OC)ccc2s1. The third-order valence-corrected chi connectivity index (χ3v) is 5.18. The fourth-order valence-electron chi connectivity index (χ4n) is 2.51. The number of carbonyl (C=O) groups is 2. The van der Waals surface area contributed by atoms with E-state index in [0.29, 0.717) is 45.0 Å². The summed E-state index contributed by atoms with van der Waals surface area (Å²) in [6, 6.07) is 7.97. The number of carbonyl (C=O) groups excluding carboxylic acids is 2. The maximum Gasteiger partial charge on any atom is 0.323 e. The van der Waals surface area contributed by atoms with Crippen molar-refractivity contribution in [2.75, 3.05) is 30.2 Å². The second kappa shape index (κ2) is 8.97. The van der Waals surface area contributed by atoms with Crippen LogP contribution in [0, 0.1) is 0 Å². The normalized spacial score (nSPS) is 10.5. The Balaban J connectivity index is 1.74. The molecule has 10 heteroatoms. The predicted molar refractivity (Wildman–Crippen MR) is 116 cm³/mol. The highest BCUT2D eigenvalue weighted by molar-refractivity contribution is 7.22. The fourth-order valence-corrected chi connectivity index (χ4v) is 3.61. The van der Waals surface area contributed by atoms with Crippen LogP contribution in [0.4, 0.5) is 21.3 Å². The number of urea groups is 1. The second-order valence-electron chi connectivity index (χ2n) is 5.87. The van der Waals surface area contributed by atoms with Crippen LogP contribution in [0.2, 0.25) is 5.02 Å². The largest absolute Gasteiger partial charge is 0.495 e. The lowest BCUT2D eigenvalue weighted by atomic mass is 10.2. The molecule has 0 unspecified atom stereocenters. The van der Waals surface area contributed by atoms with E-state index in [1.54, 1.807) is 31.2 Å². The summed E-state index contributed by atoms with van der Waals surface area (Å²) >= 11 is 7.49. The van der Waals surface area contributed by atoms with Crippen LogP contribution in [-0.2, 0) is 4.79 Å². The van der Waals surface area contributed by atoms with E-state index >= 15 is 0 Å². The van der Waals surface area contributed by atoms with Crippen LogP contribution < -0.4 is 25.4 Å². The molecule has 0 aliphatic carbocycles. The van der Waals surface area contributed by atoms with Crippen molar-refractivity contribution < 1.29 is 19.1 Å². The number of ether oxygens (including phenoxy) is 2. The second-order valence-corrected chi connectivity index (χ2v) is 7.31. The third kappa shape index (κ3) is 4.87. The molecule has 0 radical (unpaired) electrons. The van der Waals surface area contributed by atoms with Crippen LogP contribution in [-0.4, -0.2) is 31.1 Å². The van der Waals surface area contributed by atoms with Gasteiger partial charge in [0.25, 0.3) is 0 Å². The van der Waals surface area contributed by atoms with Crippen molar-refractivity contribution in [3.8, 4) is 11.5 Å². The Morgan fingerprint density at radius 3 is 2.52 bits per heavy atom. The van der Waals surface area contributed by atoms with E-state index < -0.39 is 6.03 Å². The monoisotopic (exact) mass is 434 g/mol. The lowest BCUT2D eigenvalue weighted by molar-refractivity contribution is -0.115. The Morgan fingerprint density at radius 1 is 1.07 bits per heavy atom. The third-order valence-electron chi connectivity index (χ3n) is 3.94. The number of rotatable bonds is 6. The first kappa shape index (κ1) is 20.7. The highest BCUT2D eigenvalue weighted by Gasteiger charge is 2.13. The topological polar surface area (TPSA) is 102 Å². The Labute approximate surface area is 176 Å². The molecule has 2 aromatic carbocycles. The van der Waals surface area contributed by atoms with E-state index in [0.717, 1.165) is 4.70 Å². The van der Waals surface area contributed by atoms with Gasteiger partial charge in [-0.25, -0.2) is 9.78 Å². The number of thiazole rings is 1. The first-order chi connectivity index (χ1) is 13.9. The molecular formula is C19H19ClN4O4S. The number of halogens is 1. The number of hydrogen-bond acceptors (Lipinski definition) is 6. The van der Waals surface area contributed by atoms with Crippen LogP contribution in [0.25, 0.3) is 10.2 Å². The molecule has 29 heavy (non-hydrogen) atoms. The number of fused-ring (bicyclic) bond motifs is 1. The van der Waals surface area contributed by atoms with Gasteiger partial charge in [0.1, 0.15) is 11.5 Å². The number of nitrogens with one attached hydrogen (secondary N) is 3. The highest BCUT2D eigenvalue weighted by atomic mass is 35.5. The summed E-state index contributed by atoms with van der Waals surface area (Å²) in [7, 11) is 2.98. The van der Waals surface area contributed by atoms with E-state index in [2.05, 4.69) is 20.9 Å².